The molecule has 11 heteroatoms. The Bertz CT molecular complexity index is 1320. The molecule has 36 heavy (non-hydrogen) atoms. The van der Waals surface area contributed by atoms with Crippen molar-refractivity contribution < 1.29 is 28.7 Å². The van der Waals surface area contributed by atoms with Crippen molar-refractivity contribution in [1.29, 1.82) is 0 Å². The molecule has 1 fully saturated rings. The molecule has 4 rings (SSSR count). The van der Waals surface area contributed by atoms with Crippen molar-refractivity contribution in [2.75, 3.05) is 19.1 Å². The highest BCUT2D eigenvalue weighted by molar-refractivity contribution is 8.00. The predicted molar refractivity (Wildman–Crippen MR) is 132 cm³/mol. The summed E-state index contributed by atoms with van der Waals surface area (Å²) in [5.41, 5.74) is 0.939. The molecule has 184 valence electrons. The summed E-state index contributed by atoms with van der Waals surface area (Å²) in [6.07, 6.45) is 1.60. The molecule has 1 aromatic heterocycles. The standard InChI is InChI=1S/C25H22N4O6S/c1-4-10-28-21(15-8-6-5-7-9-15)26-27-25(28)36-19-14-20(30)29(22(19)31)18-12-16(23(32)34-2)11-17(13-18)24(33)35-3/h4-9,11-13,19H,1,10,14H2,2-3H3. The van der Waals surface area contributed by atoms with Gasteiger partial charge in [-0.2, -0.15) is 0 Å². The van der Waals surface area contributed by atoms with Crippen LogP contribution in [-0.4, -0.2) is 58.0 Å². The van der Waals surface area contributed by atoms with E-state index in [1.54, 1.807) is 6.08 Å². The van der Waals surface area contributed by atoms with Gasteiger partial charge in [0.1, 0.15) is 5.25 Å². The van der Waals surface area contributed by atoms with Crippen molar-refractivity contribution in [3.05, 3.63) is 72.3 Å². The minimum Gasteiger partial charge on any atom is -0.465 e. The molecule has 0 aliphatic carbocycles. The van der Waals surface area contributed by atoms with Crippen molar-refractivity contribution >= 4 is 41.2 Å². The van der Waals surface area contributed by atoms with Gasteiger partial charge in [-0.05, 0) is 18.2 Å². The highest BCUT2D eigenvalue weighted by Crippen LogP contribution is 2.35. The van der Waals surface area contributed by atoms with Crippen LogP contribution >= 0.6 is 11.8 Å². The number of carbonyl (C=O) groups excluding carboxylic acids is 4. The normalized spacial score (nSPS) is 15.2. The highest BCUT2D eigenvalue weighted by atomic mass is 32.2. The Morgan fingerprint density at radius 1 is 1.06 bits per heavy atom. The molecule has 0 spiro atoms. The highest BCUT2D eigenvalue weighted by Gasteiger charge is 2.41. The van der Waals surface area contributed by atoms with Crippen LogP contribution in [0.3, 0.4) is 0 Å². The average molecular weight is 507 g/mol. The van der Waals surface area contributed by atoms with Gasteiger partial charge < -0.3 is 9.47 Å². The van der Waals surface area contributed by atoms with Crippen LogP contribution in [0.25, 0.3) is 11.4 Å². The van der Waals surface area contributed by atoms with Crippen LogP contribution in [0.5, 0.6) is 0 Å². The van der Waals surface area contributed by atoms with E-state index in [1.165, 1.54) is 32.4 Å². The largest absolute Gasteiger partial charge is 0.465 e. The van der Waals surface area contributed by atoms with Crippen LogP contribution in [0.15, 0.2) is 66.3 Å². The molecule has 3 aromatic rings. The number of anilines is 1. The van der Waals surface area contributed by atoms with Crippen LogP contribution in [0, 0.1) is 0 Å². The summed E-state index contributed by atoms with van der Waals surface area (Å²) in [4.78, 5) is 51.5. The maximum absolute atomic E-state index is 13.3. The summed E-state index contributed by atoms with van der Waals surface area (Å²) in [6.45, 7) is 4.20. The van der Waals surface area contributed by atoms with Crippen LogP contribution in [0.1, 0.15) is 27.1 Å². The summed E-state index contributed by atoms with van der Waals surface area (Å²) in [6, 6.07) is 13.4. The molecule has 1 aliphatic rings. The number of imide groups is 1. The van der Waals surface area contributed by atoms with Gasteiger partial charge in [-0.15, -0.1) is 16.8 Å². The SMILES string of the molecule is C=CCn1c(SC2CC(=O)N(c3cc(C(=O)OC)cc(C(=O)OC)c3)C2=O)nnc1-c1ccccc1. The summed E-state index contributed by atoms with van der Waals surface area (Å²) in [7, 11) is 2.38. The number of hydrogen-bond donors (Lipinski definition) is 0. The van der Waals surface area contributed by atoms with Gasteiger partial charge in [0, 0.05) is 18.5 Å². The molecule has 1 unspecified atom stereocenters. The Kier molecular flexibility index (Phi) is 7.30. The summed E-state index contributed by atoms with van der Waals surface area (Å²) in [5, 5.41) is 8.21. The average Bonchev–Trinajstić information content (AvgIpc) is 3.42. The lowest BCUT2D eigenvalue weighted by Gasteiger charge is -2.17. The Morgan fingerprint density at radius 3 is 2.28 bits per heavy atom. The molecule has 0 radical (unpaired) electrons. The third kappa shape index (κ3) is 4.78. The number of aromatic nitrogens is 3. The van der Waals surface area contributed by atoms with E-state index in [0.29, 0.717) is 17.5 Å². The maximum Gasteiger partial charge on any atom is 0.337 e. The topological polar surface area (TPSA) is 121 Å². The molecule has 1 atom stereocenters. The fourth-order valence-electron chi connectivity index (χ4n) is 3.78. The first-order valence-corrected chi connectivity index (χ1v) is 11.7. The fourth-order valence-corrected chi connectivity index (χ4v) is 4.84. The van der Waals surface area contributed by atoms with Crippen LogP contribution in [0.4, 0.5) is 5.69 Å². The molecule has 0 N–H and O–H groups in total. The molecular weight excluding hydrogens is 484 g/mol. The summed E-state index contributed by atoms with van der Waals surface area (Å²) < 4.78 is 11.3. The lowest BCUT2D eigenvalue weighted by molar-refractivity contribution is -0.121. The third-order valence-corrected chi connectivity index (χ3v) is 6.60. The maximum atomic E-state index is 13.3. The number of carbonyl (C=O) groups is 4. The van der Waals surface area contributed by atoms with Gasteiger partial charge >= 0.3 is 11.9 Å². The fraction of sp³-hybridized carbons (Fsp3) is 0.200. The Hall–Kier alpha value is -4.25. The smallest absolute Gasteiger partial charge is 0.337 e. The first kappa shape index (κ1) is 24.9. The van der Waals surface area contributed by atoms with Crippen LogP contribution in [0.2, 0.25) is 0 Å². The van der Waals surface area contributed by atoms with Crippen molar-refractivity contribution in [3.63, 3.8) is 0 Å². The monoisotopic (exact) mass is 506 g/mol. The van der Waals surface area contributed by atoms with Gasteiger partial charge in [-0.1, -0.05) is 48.2 Å². The first-order valence-electron chi connectivity index (χ1n) is 10.8. The molecule has 2 heterocycles. The molecule has 0 saturated carbocycles. The number of rotatable bonds is 8. The minimum atomic E-state index is -0.780. The van der Waals surface area contributed by atoms with E-state index in [1.807, 2.05) is 34.9 Å². The number of amides is 2. The lowest BCUT2D eigenvalue weighted by atomic mass is 10.1. The predicted octanol–water partition coefficient (Wildman–Crippen LogP) is 3.13. The van der Waals surface area contributed by atoms with Gasteiger partial charge in [0.25, 0.3) is 0 Å². The molecule has 2 amide bonds. The number of allylic oxidation sites excluding steroid dienone is 1. The number of nitrogens with zero attached hydrogens (tertiary/aromatic N) is 4. The van der Waals surface area contributed by atoms with Gasteiger partial charge in [-0.3, -0.25) is 14.2 Å². The van der Waals surface area contributed by atoms with E-state index in [2.05, 4.69) is 16.8 Å². The van der Waals surface area contributed by atoms with Crippen molar-refractivity contribution in [1.82, 2.24) is 14.8 Å². The zero-order valence-corrected chi connectivity index (χ0v) is 20.4. The van der Waals surface area contributed by atoms with E-state index < -0.39 is 29.0 Å². The van der Waals surface area contributed by atoms with E-state index in [9.17, 15) is 19.2 Å². The van der Waals surface area contributed by atoms with Gasteiger partial charge in [0.05, 0.1) is 31.0 Å². The Labute approximate surface area is 210 Å². The van der Waals surface area contributed by atoms with Gasteiger partial charge in [0.15, 0.2) is 11.0 Å². The number of hydrogen-bond acceptors (Lipinski definition) is 9. The Morgan fingerprint density at radius 2 is 1.69 bits per heavy atom. The number of methoxy groups -OCH3 is 2. The van der Waals surface area contributed by atoms with Crippen molar-refractivity contribution in [2.45, 2.75) is 23.4 Å². The van der Waals surface area contributed by atoms with E-state index in [-0.39, 0.29) is 23.2 Å². The second-order valence-electron chi connectivity index (χ2n) is 7.70. The summed E-state index contributed by atoms with van der Waals surface area (Å²) in [5.74, 6) is -1.82. The zero-order valence-electron chi connectivity index (χ0n) is 19.5. The van der Waals surface area contributed by atoms with Crippen LogP contribution in [-0.2, 0) is 25.6 Å². The second kappa shape index (κ2) is 10.6. The molecule has 2 aromatic carbocycles. The number of ether oxygens (including phenoxy) is 2. The van der Waals surface area contributed by atoms with Crippen LogP contribution < -0.4 is 4.90 Å². The lowest BCUT2D eigenvalue weighted by Crippen LogP contribution is -2.31. The van der Waals surface area contributed by atoms with E-state index in [4.69, 9.17) is 9.47 Å². The van der Waals surface area contributed by atoms with E-state index >= 15 is 0 Å². The minimum absolute atomic E-state index is 0.00494. The first-order chi connectivity index (χ1) is 17.4. The molecule has 10 nitrogen and oxygen atoms in total. The van der Waals surface area contributed by atoms with E-state index in [0.717, 1.165) is 22.2 Å². The summed E-state index contributed by atoms with van der Waals surface area (Å²) >= 11 is 1.12. The van der Waals surface area contributed by atoms with Crippen molar-refractivity contribution in [2.24, 2.45) is 0 Å². The third-order valence-electron chi connectivity index (χ3n) is 5.43. The zero-order chi connectivity index (χ0) is 25.8. The molecular formula is C25H22N4O6S. The van der Waals surface area contributed by atoms with Gasteiger partial charge in [-0.25, -0.2) is 14.5 Å². The number of thioether (sulfide) groups is 1. The van der Waals surface area contributed by atoms with Gasteiger partial charge in [0.2, 0.25) is 11.8 Å². The van der Waals surface area contributed by atoms with Crippen molar-refractivity contribution in [3.8, 4) is 11.4 Å². The number of benzene rings is 2. The molecule has 1 aliphatic heterocycles. The molecule has 0 bridgehead atoms. The Balaban J connectivity index is 1.65. The quantitative estimate of drug-likeness (QED) is 0.258. The number of esters is 2. The second-order valence-corrected chi connectivity index (χ2v) is 8.87. The molecule has 1 saturated heterocycles.